The molecule has 0 saturated carbocycles. The molecule has 1 atom stereocenters. The molecular weight excluding hydrogens is 1260 g/mol. The maximum absolute atomic E-state index is 13.2. The molecule has 1 unspecified atom stereocenters. The van der Waals surface area contributed by atoms with E-state index in [1.807, 2.05) is 143 Å². The summed E-state index contributed by atoms with van der Waals surface area (Å²) in [5.74, 6) is 1.04. The molecule has 0 bridgehead atoms. The number of aliphatic hydroxyl groups excluding tert-OH is 1. The number of hydrogen-bond acceptors (Lipinski definition) is 13. The summed E-state index contributed by atoms with van der Waals surface area (Å²) in [4.78, 5) is 34.8. The molecule has 0 aliphatic carbocycles. The van der Waals surface area contributed by atoms with Gasteiger partial charge in [-0.25, -0.2) is 19.0 Å². The van der Waals surface area contributed by atoms with Crippen LogP contribution in [0.5, 0.6) is 0 Å². The van der Waals surface area contributed by atoms with Gasteiger partial charge in [0.05, 0.1) is 6.61 Å². The average molecular weight is 1340 g/mol. The van der Waals surface area contributed by atoms with E-state index in [0.29, 0.717) is 31.2 Å². The zero-order valence-electron chi connectivity index (χ0n) is 57.2. The lowest BCUT2D eigenvalue weighted by Crippen LogP contribution is -2.45. The van der Waals surface area contributed by atoms with Crippen molar-refractivity contribution in [2.24, 2.45) is 4.99 Å². The zero-order chi connectivity index (χ0) is 70.0. The molecule has 0 spiro atoms. The van der Waals surface area contributed by atoms with Crippen molar-refractivity contribution in [1.29, 1.82) is 0 Å². The highest BCUT2D eigenvalue weighted by Crippen LogP contribution is 2.46. The molecule has 3 N–H and O–H groups in total. The van der Waals surface area contributed by atoms with Gasteiger partial charge in [0.25, 0.3) is 0 Å². The first-order chi connectivity index (χ1) is 49.1. The van der Waals surface area contributed by atoms with Gasteiger partial charge in [0, 0.05) is 49.1 Å². The first-order valence-corrected chi connectivity index (χ1v) is 33.8. The van der Waals surface area contributed by atoms with Crippen molar-refractivity contribution in [3.8, 4) is 45.0 Å². The molecular formula is C83H79N13O5. The Kier molecular flexibility index (Phi) is 19.7. The zero-order valence-corrected chi connectivity index (χ0v) is 57.2. The van der Waals surface area contributed by atoms with E-state index in [9.17, 15) is 14.7 Å². The SMILES string of the molecule is CC(C)(C)OC(=O)/N=C(/NCCC1=CN(Cc2ccc(-c3ccccc3-c3nnnn3C(c3ccccc3)(c3ccccc3)c3ccccc3)cc2)C(CO)N1Cc1ccc(-c2ccccc2-c2nnnn2C(c2ccccc2)(c2ccccc2)c2ccccc2)cc1)NC(=O)OC(C)(C)C. The van der Waals surface area contributed by atoms with Gasteiger partial charge in [0.15, 0.2) is 11.6 Å². The third-order valence-electron chi connectivity index (χ3n) is 17.8. The Morgan fingerprint density at radius 1 is 0.455 bits per heavy atom. The number of nitrogens with one attached hydrogen (secondary N) is 2. The molecule has 0 fully saturated rings. The van der Waals surface area contributed by atoms with Gasteiger partial charge in [-0.05, 0) is 129 Å². The molecule has 101 heavy (non-hydrogen) atoms. The average Bonchev–Trinajstić information content (AvgIpc) is 1.72. The molecule has 10 aromatic carbocycles. The second-order valence-electron chi connectivity index (χ2n) is 26.8. The first kappa shape index (κ1) is 67.4. The van der Waals surface area contributed by atoms with Crippen molar-refractivity contribution in [1.82, 2.24) is 60.8 Å². The third-order valence-corrected chi connectivity index (χ3v) is 17.8. The highest BCUT2D eigenvalue weighted by atomic mass is 16.6. The standard InChI is InChI=1S/C83H79N13O5/c1-80(2,3)100-78(98)85-77(86-79(99)101-81(4,5)6)84-54-53-69-57-93(55-59-45-49-61(50-46-59)70-41-25-27-43-72(70)75-87-89-91-95(75)82(63-29-13-7-14-30-63,64-31-15-8-16-32-64)65-33-17-9-18-34-65)74(58-97)94(69)56-60-47-51-62(52-48-60)71-42-26-28-44-73(71)76-88-90-92-96(76)83(66-35-19-10-20-36-66,67-37-21-11-22-38-67)68-39-23-12-24-40-68/h7-52,57,74,97H,53-56,58H2,1-6H3,(H2,84,85,86,98,99). The topological polar surface area (TPSA) is 203 Å². The second kappa shape index (κ2) is 29.5. The Bertz CT molecular complexity index is 4640. The Morgan fingerprint density at radius 3 is 1.18 bits per heavy atom. The van der Waals surface area contributed by atoms with Crippen LogP contribution in [0.4, 0.5) is 9.59 Å². The molecule has 1 aliphatic rings. The molecule has 3 heterocycles. The summed E-state index contributed by atoms with van der Waals surface area (Å²) in [5, 5.41) is 45.5. The van der Waals surface area contributed by atoms with Crippen LogP contribution in [0.2, 0.25) is 0 Å². The number of hydrogen-bond donors (Lipinski definition) is 3. The van der Waals surface area contributed by atoms with E-state index in [0.717, 1.165) is 83.6 Å². The summed E-state index contributed by atoms with van der Waals surface area (Å²) in [5.41, 5.74) is 10.7. The molecule has 2 amide bonds. The lowest BCUT2D eigenvalue weighted by atomic mass is 9.77. The van der Waals surface area contributed by atoms with Gasteiger partial charge in [-0.1, -0.05) is 279 Å². The van der Waals surface area contributed by atoms with Crippen LogP contribution in [0, 0.1) is 0 Å². The van der Waals surface area contributed by atoms with E-state index in [1.54, 1.807) is 41.5 Å². The maximum atomic E-state index is 13.2. The molecule has 13 rings (SSSR count). The summed E-state index contributed by atoms with van der Waals surface area (Å²) in [7, 11) is 0. The van der Waals surface area contributed by atoms with Crippen molar-refractivity contribution in [3.63, 3.8) is 0 Å². The van der Waals surface area contributed by atoms with Gasteiger partial charge in [-0.3, -0.25) is 5.32 Å². The predicted octanol–water partition coefficient (Wildman–Crippen LogP) is 15.3. The van der Waals surface area contributed by atoms with Crippen molar-refractivity contribution in [2.75, 3.05) is 13.2 Å². The van der Waals surface area contributed by atoms with Gasteiger partial charge >= 0.3 is 12.2 Å². The third kappa shape index (κ3) is 14.4. The normalized spacial score (nSPS) is 13.6. The minimum Gasteiger partial charge on any atom is -0.444 e. The van der Waals surface area contributed by atoms with Crippen molar-refractivity contribution >= 4 is 18.1 Å². The monoisotopic (exact) mass is 1340 g/mol. The number of amides is 2. The van der Waals surface area contributed by atoms with E-state index in [-0.39, 0.29) is 19.1 Å². The van der Waals surface area contributed by atoms with Gasteiger partial charge in [0.2, 0.25) is 5.96 Å². The van der Waals surface area contributed by atoms with Gasteiger partial charge in [-0.2, -0.15) is 0 Å². The number of aliphatic imine (C=N–C) groups is 1. The van der Waals surface area contributed by atoms with Gasteiger partial charge in [-0.15, -0.1) is 15.2 Å². The van der Waals surface area contributed by atoms with Crippen LogP contribution in [0.3, 0.4) is 0 Å². The van der Waals surface area contributed by atoms with Crippen molar-refractivity contribution < 1.29 is 24.2 Å². The second-order valence-corrected chi connectivity index (χ2v) is 26.8. The number of carbonyl (C=O) groups is 2. The number of tetrazole rings is 2. The van der Waals surface area contributed by atoms with Gasteiger partial charge < -0.3 is 29.7 Å². The van der Waals surface area contributed by atoms with Crippen LogP contribution in [0.25, 0.3) is 45.0 Å². The van der Waals surface area contributed by atoms with Crippen LogP contribution in [-0.4, -0.2) is 104 Å². The van der Waals surface area contributed by atoms with Crippen LogP contribution in [0.15, 0.2) is 296 Å². The van der Waals surface area contributed by atoms with E-state index in [1.165, 1.54) is 0 Å². The summed E-state index contributed by atoms with van der Waals surface area (Å²) in [6, 6.07) is 95.5. The van der Waals surface area contributed by atoms with E-state index in [2.05, 4.69) is 188 Å². The quantitative estimate of drug-likeness (QED) is 0.0369. The highest BCUT2D eigenvalue weighted by Gasteiger charge is 2.44. The predicted molar refractivity (Wildman–Crippen MR) is 392 cm³/mol. The van der Waals surface area contributed by atoms with Crippen molar-refractivity contribution in [3.05, 3.63) is 335 Å². The van der Waals surface area contributed by atoms with E-state index in [4.69, 9.17) is 30.1 Å². The number of aliphatic hydroxyl groups is 1. The largest absolute Gasteiger partial charge is 0.444 e. The van der Waals surface area contributed by atoms with Crippen LogP contribution in [-0.2, 0) is 33.6 Å². The number of ether oxygens (including phenoxy) is 2. The number of rotatable bonds is 20. The van der Waals surface area contributed by atoms with Crippen LogP contribution >= 0.6 is 0 Å². The fraction of sp³-hybridized carbons (Fsp3) is 0.193. The Labute approximate surface area is 588 Å². The number of guanidine groups is 1. The molecule has 18 nitrogen and oxygen atoms in total. The number of aromatic nitrogens is 8. The molecule has 18 heteroatoms. The summed E-state index contributed by atoms with van der Waals surface area (Å²) in [6.45, 7) is 11.3. The van der Waals surface area contributed by atoms with Crippen LogP contribution < -0.4 is 10.6 Å². The number of carbonyl (C=O) groups excluding carboxylic acids is 2. The number of benzene rings is 10. The first-order valence-electron chi connectivity index (χ1n) is 33.8. The molecule has 506 valence electrons. The molecule has 0 radical (unpaired) electrons. The minimum atomic E-state index is -0.962. The minimum absolute atomic E-state index is 0.133. The lowest BCUT2D eigenvalue weighted by molar-refractivity contribution is 0.0560. The highest BCUT2D eigenvalue weighted by molar-refractivity contribution is 5.99. The van der Waals surface area contributed by atoms with Crippen molar-refractivity contribution in [2.45, 2.75) is 89.5 Å². The number of nitrogens with zero attached hydrogens (tertiary/aromatic N) is 11. The molecule has 0 saturated heterocycles. The fourth-order valence-corrected chi connectivity index (χ4v) is 13.5. The number of alkyl carbamates (subject to hydrolysis) is 1. The molecule has 1 aliphatic heterocycles. The van der Waals surface area contributed by atoms with E-state index < -0.39 is 40.6 Å². The molecule has 2 aromatic heterocycles. The summed E-state index contributed by atoms with van der Waals surface area (Å²) < 4.78 is 15.0. The smallest absolute Gasteiger partial charge is 0.437 e. The Hall–Kier alpha value is -12.2. The fourth-order valence-electron chi connectivity index (χ4n) is 13.5. The Balaban J connectivity index is 0.817. The van der Waals surface area contributed by atoms with Crippen LogP contribution in [0.1, 0.15) is 92.5 Å². The Morgan fingerprint density at radius 2 is 0.812 bits per heavy atom. The summed E-state index contributed by atoms with van der Waals surface area (Å²) >= 11 is 0. The van der Waals surface area contributed by atoms with E-state index >= 15 is 0 Å². The lowest BCUT2D eigenvalue weighted by Gasteiger charge is -2.36. The molecule has 12 aromatic rings. The maximum Gasteiger partial charge on any atom is 0.437 e. The van der Waals surface area contributed by atoms with Gasteiger partial charge in [0.1, 0.15) is 28.4 Å². The summed E-state index contributed by atoms with van der Waals surface area (Å²) in [6.07, 6.45) is 0.264.